The van der Waals surface area contributed by atoms with Gasteiger partial charge in [-0.2, -0.15) is 4.98 Å². The average Bonchev–Trinajstić information content (AvgIpc) is 2.81. The van der Waals surface area contributed by atoms with Crippen LogP contribution in [0, 0.1) is 18.6 Å². The molecule has 0 aliphatic carbocycles. The van der Waals surface area contributed by atoms with Crippen molar-refractivity contribution in [2.75, 3.05) is 18.5 Å². The van der Waals surface area contributed by atoms with Crippen LogP contribution in [0.2, 0.25) is 0 Å². The highest BCUT2D eigenvalue weighted by atomic mass is 32.1. The van der Waals surface area contributed by atoms with Gasteiger partial charge >= 0.3 is 0 Å². The van der Waals surface area contributed by atoms with E-state index >= 15 is 0 Å². The van der Waals surface area contributed by atoms with Crippen LogP contribution in [0.5, 0.6) is 5.88 Å². The maximum Gasteiger partial charge on any atom is 0.252 e. The van der Waals surface area contributed by atoms with Crippen molar-refractivity contribution < 1.29 is 13.5 Å². The van der Waals surface area contributed by atoms with Crippen LogP contribution in [0.15, 0.2) is 11.6 Å². The first-order valence-electron chi connectivity index (χ1n) is 6.23. The Balaban J connectivity index is 2.02. The van der Waals surface area contributed by atoms with E-state index in [2.05, 4.69) is 15.3 Å². The summed E-state index contributed by atoms with van der Waals surface area (Å²) in [5, 5.41) is 2.72. The molecule has 0 atom stereocenters. The zero-order chi connectivity index (χ0) is 14.5. The number of thiazole rings is 1. The lowest BCUT2D eigenvalue weighted by Gasteiger charge is -2.09. The molecule has 0 fully saturated rings. The summed E-state index contributed by atoms with van der Waals surface area (Å²) in [6, 6.07) is 0.776. The average molecular weight is 299 g/mol. The van der Waals surface area contributed by atoms with Crippen LogP contribution in [-0.2, 0) is 6.42 Å². The summed E-state index contributed by atoms with van der Waals surface area (Å²) in [6.45, 7) is 4.47. The number of nitrogens with one attached hydrogen (secondary N) is 1. The minimum atomic E-state index is -0.801. The van der Waals surface area contributed by atoms with E-state index in [0.717, 1.165) is 16.6 Å². The van der Waals surface area contributed by atoms with Gasteiger partial charge in [0.25, 0.3) is 5.88 Å². The lowest BCUT2D eigenvalue weighted by atomic mass is 10.3. The van der Waals surface area contributed by atoms with E-state index < -0.39 is 11.6 Å². The van der Waals surface area contributed by atoms with Crippen molar-refractivity contribution in [2.24, 2.45) is 0 Å². The predicted octanol–water partition coefficient (Wildman–Crippen LogP) is 3.18. The molecule has 1 N–H and O–H groups in total. The number of hydrogen-bond donors (Lipinski definition) is 1. The van der Waals surface area contributed by atoms with Crippen LogP contribution in [0.25, 0.3) is 0 Å². The maximum absolute atomic E-state index is 13.6. The molecule has 0 unspecified atom stereocenters. The van der Waals surface area contributed by atoms with E-state index in [1.54, 1.807) is 12.4 Å². The Morgan fingerprint density at radius 3 is 2.80 bits per heavy atom. The molecule has 0 spiro atoms. The van der Waals surface area contributed by atoms with E-state index in [9.17, 15) is 8.78 Å². The van der Waals surface area contributed by atoms with E-state index in [-0.39, 0.29) is 18.3 Å². The van der Waals surface area contributed by atoms with Crippen LogP contribution in [0.3, 0.4) is 0 Å². The summed E-state index contributed by atoms with van der Waals surface area (Å²) in [4.78, 5) is 9.01. The Labute approximate surface area is 119 Å². The molecule has 0 aliphatic heterocycles. The fourth-order valence-corrected chi connectivity index (χ4v) is 2.41. The van der Waals surface area contributed by atoms with Gasteiger partial charge in [0.05, 0.1) is 17.8 Å². The third-order valence-corrected chi connectivity index (χ3v) is 3.65. The van der Waals surface area contributed by atoms with Crippen LogP contribution in [0.1, 0.15) is 17.5 Å². The number of aromatic nitrogens is 2. The van der Waals surface area contributed by atoms with Gasteiger partial charge in [-0.15, -0.1) is 11.3 Å². The standard InChI is InChI=1S/C13H15F2N3OS/c1-3-16-12-9(14)6-10(15)13(18-12)19-5-4-11-8(2)17-7-20-11/h6-7H,3-5H2,1-2H3,(H,16,18). The number of hydrogen-bond acceptors (Lipinski definition) is 5. The fraction of sp³-hybridized carbons (Fsp3) is 0.385. The van der Waals surface area contributed by atoms with Crippen LogP contribution in [-0.4, -0.2) is 23.1 Å². The van der Waals surface area contributed by atoms with Crippen molar-refractivity contribution >= 4 is 17.2 Å². The highest BCUT2D eigenvalue weighted by Gasteiger charge is 2.13. The molecule has 2 heterocycles. The molecule has 0 radical (unpaired) electrons. The Morgan fingerprint density at radius 2 is 2.15 bits per heavy atom. The van der Waals surface area contributed by atoms with E-state index in [0.29, 0.717) is 13.0 Å². The van der Waals surface area contributed by atoms with Gasteiger partial charge in [-0.3, -0.25) is 0 Å². The fourth-order valence-electron chi connectivity index (χ4n) is 1.65. The molecule has 20 heavy (non-hydrogen) atoms. The van der Waals surface area contributed by atoms with Crippen LogP contribution in [0.4, 0.5) is 14.6 Å². The summed E-state index contributed by atoms with van der Waals surface area (Å²) < 4.78 is 32.2. The van der Waals surface area contributed by atoms with Gasteiger partial charge in [0.2, 0.25) is 0 Å². The summed E-state index contributed by atoms with van der Waals surface area (Å²) >= 11 is 1.52. The van der Waals surface area contributed by atoms with Gasteiger partial charge in [0, 0.05) is 23.9 Å². The SMILES string of the molecule is CCNc1nc(OCCc2scnc2C)c(F)cc1F. The molecule has 7 heteroatoms. The second kappa shape index (κ2) is 6.60. The predicted molar refractivity (Wildman–Crippen MR) is 74.4 cm³/mol. The number of ether oxygens (including phenoxy) is 1. The topological polar surface area (TPSA) is 47.0 Å². The monoisotopic (exact) mass is 299 g/mol. The number of nitrogens with zero attached hydrogens (tertiary/aromatic N) is 2. The number of pyridine rings is 1. The van der Waals surface area contributed by atoms with Crippen molar-refractivity contribution in [1.82, 2.24) is 9.97 Å². The Kier molecular flexibility index (Phi) is 4.84. The zero-order valence-electron chi connectivity index (χ0n) is 11.2. The molecule has 4 nitrogen and oxygen atoms in total. The summed E-state index contributed by atoms with van der Waals surface area (Å²) in [5.74, 6) is -1.72. The molecular weight excluding hydrogens is 284 g/mol. The Bertz CT molecular complexity index is 589. The summed E-state index contributed by atoms with van der Waals surface area (Å²) in [5.41, 5.74) is 2.70. The van der Waals surface area contributed by atoms with Crippen LogP contribution < -0.4 is 10.1 Å². The molecule has 2 rings (SSSR count). The second-order valence-corrected chi connectivity index (χ2v) is 5.03. The number of halogens is 2. The molecule has 2 aromatic rings. The van der Waals surface area contributed by atoms with Crippen molar-refractivity contribution in [3.63, 3.8) is 0 Å². The van der Waals surface area contributed by atoms with Crippen molar-refractivity contribution in [2.45, 2.75) is 20.3 Å². The van der Waals surface area contributed by atoms with Gasteiger partial charge in [-0.1, -0.05) is 0 Å². The van der Waals surface area contributed by atoms with Gasteiger partial charge in [0.15, 0.2) is 17.5 Å². The smallest absolute Gasteiger partial charge is 0.252 e. The third kappa shape index (κ3) is 3.41. The van der Waals surface area contributed by atoms with Crippen LogP contribution >= 0.6 is 11.3 Å². The highest BCUT2D eigenvalue weighted by Crippen LogP contribution is 2.21. The van der Waals surface area contributed by atoms with Gasteiger partial charge in [-0.05, 0) is 13.8 Å². The molecule has 0 bridgehead atoms. The largest absolute Gasteiger partial charge is 0.475 e. The molecule has 0 aromatic carbocycles. The first kappa shape index (κ1) is 14.6. The Hall–Kier alpha value is -1.76. The number of anilines is 1. The third-order valence-electron chi connectivity index (χ3n) is 2.65. The number of aryl methyl sites for hydroxylation is 1. The van der Waals surface area contributed by atoms with E-state index in [1.807, 2.05) is 6.92 Å². The van der Waals surface area contributed by atoms with Gasteiger partial charge < -0.3 is 10.1 Å². The van der Waals surface area contributed by atoms with E-state index in [4.69, 9.17) is 4.74 Å². The highest BCUT2D eigenvalue weighted by molar-refractivity contribution is 7.09. The number of rotatable bonds is 6. The first-order valence-corrected chi connectivity index (χ1v) is 7.11. The lowest BCUT2D eigenvalue weighted by molar-refractivity contribution is 0.291. The molecular formula is C13H15F2N3OS. The Morgan fingerprint density at radius 1 is 1.35 bits per heavy atom. The second-order valence-electron chi connectivity index (χ2n) is 4.10. The van der Waals surface area contributed by atoms with Crippen molar-refractivity contribution in [3.05, 3.63) is 33.8 Å². The summed E-state index contributed by atoms with van der Waals surface area (Å²) in [6.07, 6.45) is 0.617. The van der Waals surface area contributed by atoms with Crippen molar-refractivity contribution in [3.8, 4) is 5.88 Å². The molecule has 0 saturated carbocycles. The quantitative estimate of drug-likeness (QED) is 0.890. The molecule has 0 saturated heterocycles. The normalized spacial score (nSPS) is 10.6. The zero-order valence-corrected chi connectivity index (χ0v) is 12.1. The minimum absolute atomic E-state index is 0.00197. The van der Waals surface area contributed by atoms with Gasteiger partial charge in [-0.25, -0.2) is 13.8 Å². The van der Waals surface area contributed by atoms with Gasteiger partial charge in [0.1, 0.15) is 0 Å². The van der Waals surface area contributed by atoms with Crippen molar-refractivity contribution in [1.29, 1.82) is 0 Å². The first-order chi connectivity index (χ1) is 9.61. The molecule has 108 valence electrons. The minimum Gasteiger partial charge on any atom is -0.475 e. The lowest BCUT2D eigenvalue weighted by Crippen LogP contribution is -2.08. The molecule has 0 amide bonds. The summed E-state index contributed by atoms with van der Waals surface area (Å²) in [7, 11) is 0. The maximum atomic E-state index is 13.6. The molecule has 2 aromatic heterocycles. The molecule has 0 aliphatic rings. The van der Waals surface area contributed by atoms with E-state index in [1.165, 1.54) is 11.3 Å².